The van der Waals surface area contributed by atoms with Gasteiger partial charge in [-0.05, 0) is 37.1 Å². The minimum Gasteiger partial charge on any atom is -0.497 e. The number of carbonyl (C=O) groups is 2. The molecular weight excluding hydrogens is 352 g/mol. The molecule has 0 unspecified atom stereocenters. The van der Waals surface area contributed by atoms with Crippen LogP contribution in [0.1, 0.15) is 23.4 Å². The average molecular weight is 372 g/mol. The number of hydrogen-bond acceptors (Lipinski definition) is 5. The van der Waals surface area contributed by atoms with E-state index in [-0.39, 0.29) is 17.9 Å². The molecule has 0 bridgehead atoms. The zero-order valence-corrected chi connectivity index (χ0v) is 15.3. The Morgan fingerprint density at radius 3 is 2.69 bits per heavy atom. The standard InChI is InChI=1S/C18H20N4O3S/c1-25-13-6-4-12(5-7-13)19-18(24)22-9-8-14-15(10-22)26-17(20-14)21-16(23)11-2-3-11/h4-7,11H,2-3,8-10H2,1H3,(H,19,24)(H,20,21,23). The van der Waals surface area contributed by atoms with Crippen molar-refractivity contribution in [1.82, 2.24) is 9.88 Å². The minimum absolute atomic E-state index is 0.0604. The summed E-state index contributed by atoms with van der Waals surface area (Å²) in [6.07, 6.45) is 2.63. The molecular formula is C18H20N4O3S. The van der Waals surface area contributed by atoms with E-state index >= 15 is 0 Å². The highest BCUT2D eigenvalue weighted by Crippen LogP contribution is 2.33. The molecule has 1 saturated carbocycles. The van der Waals surface area contributed by atoms with Crippen LogP contribution in [0.2, 0.25) is 0 Å². The van der Waals surface area contributed by atoms with E-state index in [0.29, 0.717) is 24.6 Å². The molecule has 4 rings (SSSR count). The van der Waals surface area contributed by atoms with Crippen LogP contribution >= 0.6 is 11.3 Å². The third kappa shape index (κ3) is 3.65. The largest absolute Gasteiger partial charge is 0.497 e. The van der Waals surface area contributed by atoms with Crippen molar-refractivity contribution in [2.75, 3.05) is 24.3 Å². The Hall–Kier alpha value is -2.61. The molecule has 1 fully saturated rings. The number of benzene rings is 1. The topological polar surface area (TPSA) is 83.6 Å². The molecule has 0 atom stereocenters. The first-order valence-electron chi connectivity index (χ1n) is 8.62. The van der Waals surface area contributed by atoms with E-state index in [1.165, 1.54) is 11.3 Å². The molecule has 7 nitrogen and oxygen atoms in total. The lowest BCUT2D eigenvalue weighted by atomic mass is 10.2. The predicted octanol–water partition coefficient (Wildman–Crippen LogP) is 3.09. The van der Waals surface area contributed by atoms with Crippen LogP contribution in [0.15, 0.2) is 24.3 Å². The lowest BCUT2D eigenvalue weighted by Crippen LogP contribution is -2.38. The molecule has 1 aromatic carbocycles. The van der Waals surface area contributed by atoms with Gasteiger partial charge >= 0.3 is 6.03 Å². The lowest BCUT2D eigenvalue weighted by molar-refractivity contribution is -0.117. The van der Waals surface area contributed by atoms with Gasteiger partial charge < -0.3 is 20.3 Å². The number of thiazole rings is 1. The van der Waals surface area contributed by atoms with E-state index in [1.54, 1.807) is 12.0 Å². The lowest BCUT2D eigenvalue weighted by Gasteiger charge is -2.26. The van der Waals surface area contributed by atoms with E-state index in [0.717, 1.165) is 34.8 Å². The number of anilines is 2. The van der Waals surface area contributed by atoms with Crippen LogP contribution in [0, 0.1) is 5.92 Å². The summed E-state index contributed by atoms with van der Waals surface area (Å²) >= 11 is 1.46. The first kappa shape index (κ1) is 16.8. The third-order valence-corrected chi connectivity index (χ3v) is 5.54. The maximum Gasteiger partial charge on any atom is 0.322 e. The molecule has 2 N–H and O–H groups in total. The van der Waals surface area contributed by atoms with Gasteiger partial charge in [0.05, 0.1) is 19.3 Å². The molecule has 2 aromatic rings. The number of fused-ring (bicyclic) bond motifs is 1. The fourth-order valence-electron chi connectivity index (χ4n) is 2.85. The van der Waals surface area contributed by atoms with Gasteiger partial charge in [0.2, 0.25) is 5.91 Å². The van der Waals surface area contributed by atoms with Gasteiger partial charge in [-0.1, -0.05) is 11.3 Å². The number of ether oxygens (including phenoxy) is 1. The third-order valence-electron chi connectivity index (χ3n) is 4.54. The molecule has 2 aliphatic rings. The quantitative estimate of drug-likeness (QED) is 0.864. The van der Waals surface area contributed by atoms with Gasteiger partial charge in [0, 0.05) is 29.4 Å². The summed E-state index contributed by atoms with van der Waals surface area (Å²) in [6.45, 7) is 1.11. The summed E-state index contributed by atoms with van der Waals surface area (Å²) < 4.78 is 5.12. The molecule has 136 valence electrons. The molecule has 1 aliphatic heterocycles. The van der Waals surface area contributed by atoms with Crippen molar-refractivity contribution >= 4 is 34.1 Å². The van der Waals surface area contributed by atoms with E-state index < -0.39 is 0 Å². The second-order valence-corrected chi connectivity index (χ2v) is 7.57. The first-order chi connectivity index (χ1) is 12.6. The summed E-state index contributed by atoms with van der Waals surface area (Å²) in [5, 5.41) is 6.44. The Balaban J connectivity index is 1.38. The molecule has 0 saturated heterocycles. The fraction of sp³-hybridized carbons (Fsp3) is 0.389. The molecule has 1 aliphatic carbocycles. The molecule has 0 radical (unpaired) electrons. The van der Waals surface area contributed by atoms with Gasteiger partial charge in [-0.25, -0.2) is 9.78 Å². The second-order valence-electron chi connectivity index (χ2n) is 6.48. The highest BCUT2D eigenvalue weighted by Gasteiger charge is 2.31. The zero-order valence-electron chi connectivity index (χ0n) is 14.4. The van der Waals surface area contributed by atoms with Gasteiger partial charge in [-0.2, -0.15) is 0 Å². The van der Waals surface area contributed by atoms with Gasteiger partial charge in [-0.15, -0.1) is 0 Å². The van der Waals surface area contributed by atoms with Crippen molar-refractivity contribution in [1.29, 1.82) is 0 Å². The highest BCUT2D eigenvalue weighted by molar-refractivity contribution is 7.15. The SMILES string of the molecule is COc1ccc(NC(=O)N2CCc3nc(NC(=O)C4CC4)sc3C2)cc1. The summed E-state index contributed by atoms with van der Waals surface area (Å²) in [4.78, 5) is 31.7. The highest BCUT2D eigenvalue weighted by atomic mass is 32.1. The number of nitrogens with zero attached hydrogens (tertiary/aromatic N) is 2. The van der Waals surface area contributed by atoms with Crippen molar-refractivity contribution in [3.8, 4) is 5.75 Å². The van der Waals surface area contributed by atoms with Gasteiger partial charge in [0.1, 0.15) is 5.75 Å². The summed E-state index contributed by atoms with van der Waals surface area (Å²) in [7, 11) is 1.61. The van der Waals surface area contributed by atoms with Crippen molar-refractivity contribution < 1.29 is 14.3 Å². The molecule has 8 heteroatoms. The maximum absolute atomic E-state index is 12.5. The first-order valence-corrected chi connectivity index (χ1v) is 9.43. The fourth-order valence-corrected chi connectivity index (χ4v) is 3.88. The van der Waals surface area contributed by atoms with Gasteiger partial charge in [0.15, 0.2) is 5.13 Å². The Labute approximate surface area is 155 Å². The summed E-state index contributed by atoms with van der Waals surface area (Å²) in [6, 6.07) is 7.09. The van der Waals surface area contributed by atoms with Crippen LogP contribution in [0.5, 0.6) is 5.75 Å². The van der Waals surface area contributed by atoms with Crippen LogP contribution in [-0.4, -0.2) is 35.5 Å². The summed E-state index contributed by atoms with van der Waals surface area (Å²) in [5.74, 6) is 0.962. The van der Waals surface area contributed by atoms with Crippen LogP contribution in [0.4, 0.5) is 15.6 Å². The Morgan fingerprint density at radius 2 is 2.00 bits per heavy atom. The van der Waals surface area contributed by atoms with E-state index in [2.05, 4.69) is 15.6 Å². The van der Waals surface area contributed by atoms with E-state index in [9.17, 15) is 9.59 Å². The summed E-state index contributed by atoms with van der Waals surface area (Å²) in [5.41, 5.74) is 1.71. The number of nitrogens with one attached hydrogen (secondary N) is 2. The Morgan fingerprint density at radius 1 is 1.23 bits per heavy atom. The van der Waals surface area contributed by atoms with Crippen molar-refractivity contribution in [3.63, 3.8) is 0 Å². The van der Waals surface area contributed by atoms with E-state index in [4.69, 9.17) is 4.74 Å². The number of aromatic nitrogens is 1. The number of rotatable bonds is 4. The van der Waals surface area contributed by atoms with E-state index in [1.807, 2.05) is 24.3 Å². The molecule has 1 aromatic heterocycles. The number of methoxy groups -OCH3 is 1. The second kappa shape index (κ2) is 6.95. The van der Waals surface area contributed by atoms with Crippen molar-refractivity contribution in [2.24, 2.45) is 5.92 Å². The number of amides is 3. The number of urea groups is 1. The molecule has 0 spiro atoms. The average Bonchev–Trinajstić information content (AvgIpc) is 3.42. The normalized spacial score (nSPS) is 16.0. The molecule has 26 heavy (non-hydrogen) atoms. The predicted molar refractivity (Wildman–Crippen MR) is 99.6 cm³/mol. The van der Waals surface area contributed by atoms with Gasteiger partial charge in [0.25, 0.3) is 0 Å². The van der Waals surface area contributed by atoms with Crippen LogP contribution in [0.25, 0.3) is 0 Å². The maximum atomic E-state index is 12.5. The Kier molecular flexibility index (Phi) is 4.50. The number of hydrogen-bond donors (Lipinski definition) is 2. The zero-order chi connectivity index (χ0) is 18.1. The minimum atomic E-state index is -0.141. The monoisotopic (exact) mass is 372 g/mol. The molecule has 3 amide bonds. The van der Waals surface area contributed by atoms with Crippen LogP contribution in [0.3, 0.4) is 0 Å². The smallest absolute Gasteiger partial charge is 0.322 e. The van der Waals surface area contributed by atoms with Gasteiger partial charge in [-0.3, -0.25) is 4.79 Å². The van der Waals surface area contributed by atoms with Crippen LogP contribution in [-0.2, 0) is 17.8 Å². The van der Waals surface area contributed by atoms with Crippen molar-refractivity contribution in [3.05, 3.63) is 34.8 Å². The molecule has 2 heterocycles. The number of carbonyl (C=O) groups excluding carboxylic acids is 2. The Bertz CT molecular complexity index is 829. The van der Waals surface area contributed by atoms with Crippen LogP contribution < -0.4 is 15.4 Å². The van der Waals surface area contributed by atoms with Crippen molar-refractivity contribution in [2.45, 2.75) is 25.8 Å².